The summed E-state index contributed by atoms with van der Waals surface area (Å²) in [5.74, 6) is 0. The van der Waals surface area contributed by atoms with E-state index in [2.05, 4.69) is 20.3 Å². The summed E-state index contributed by atoms with van der Waals surface area (Å²) in [4.78, 5) is 4.11. The summed E-state index contributed by atoms with van der Waals surface area (Å²) in [6.07, 6.45) is 10.9. The van der Waals surface area contributed by atoms with Crippen LogP contribution in [0.3, 0.4) is 0 Å². The molecule has 3 aromatic rings. The molecule has 0 saturated carbocycles. The van der Waals surface area contributed by atoms with Crippen molar-refractivity contribution < 1.29 is 18.6 Å². The Morgan fingerprint density at radius 2 is 1.37 bits per heavy atom. The molecule has 11 heteroatoms. The van der Waals surface area contributed by atoms with Gasteiger partial charge in [0.05, 0.1) is 28.9 Å². The lowest BCUT2D eigenvalue weighted by Crippen LogP contribution is -2.41. The molecule has 5 heterocycles. The molecular weight excluding hydrogens is 444 g/mol. The molecule has 0 amide bonds. The number of rotatable bonds is 4. The van der Waals surface area contributed by atoms with Gasteiger partial charge in [-0.25, -0.2) is 0 Å². The van der Waals surface area contributed by atoms with Gasteiger partial charge in [-0.1, -0.05) is 6.07 Å². The maximum Gasteiger partial charge on any atom is 0.498 e. The van der Waals surface area contributed by atoms with E-state index in [1.54, 1.807) is 24.8 Å². The van der Waals surface area contributed by atoms with Crippen LogP contribution in [0.4, 0.5) is 0 Å². The van der Waals surface area contributed by atoms with E-state index in [0.717, 1.165) is 16.5 Å². The minimum Gasteiger partial charge on any atom is -0.399 e. The van der Waals surface area contributed by atoms with Crippen LogP contribution in [0, 0.1) is 0 Å². The van der Waals surface area contributed by atoms with Gasteiger partial charge in [-0.2, -0.15) is 10.2 Å². The summed E-state index contributed by atoms with van der Waals surface area (Å²) >= 11 is 0. The molecule has 5 rings (SSSR count). The highest BCUT2D eigenvalue weighted by Crippen LogP contribution is 2.37. The van der Waals surface area contributed by atoms with Crippen molar-refractivity contribution in [1.82, 2.24) is 25.0 Å². The molecule has 0 bridgehead atoms. The number of H-pyrrole nitrogens is 1. The summed E-state index contributed by atoms with van der Waals surface area (Å²) in [7, 11) is -0.670. The molecule has 9 nitrogen and oxygen atoms in total. The minimum atomic E-state index is -0.363. The van der Waals surface area contributed by atoms with E-state index in [1.165, 1.54) is 0 Å². The van der Waals surface area contributed by atoms with Crippen LogP contribution >= 0.6 is 0 Å². The van der Waals surface area contributed by atoms with E-state index in [-0.39, 0.29) is 36.6 Å². The minimum absolute atomic E-state index is 0.283. The Hall–Kier alpha value is -2.46. The van der Waals surface area contributed by atoms with Gasteiger partial charge in [0.2, 0.25) is 0 Å². The van der Waals surface area contributed by atoms with Gasteiger partial charge in [0.15, 0.2) is 0 Å². The fourth-order valence-corrected chi connectivity index (χ4v) is 3.61. The zero-order chi connectivity index (χ0) is 25.5. The lowest BCUT2D eigenvalue weighted by molar-refractivity contribution is 0.00578. The highest BCUT2D eigenvalue weighted by atomic mass is 16.7. The van der Waals surface area contributed by atoms with Crippen molar-refractivity contribution in [3.05, 3.63) is 54.9 Å². The quantitative estimate of drug-likeness (QED) is 0.574. The number of hydrogen-bond donors (Lipinski definition) is 1. The zero-order valence-electron chi connectivity index (χ0n) is 21.9. The Bertz CT molecular complexity index is 1080. The first-order valence-electron chi connectivity index (χ1n) is 11.9. The van der Waals surface area contributed by atoms with Crippen LogP contribution in [0.25, 0.3) is 0 Å². The standard InChI is InChI=1S/C15H20BN3O2.C9H15BN2O2/c1-14(2)15(3,4)21-16(20-14)13-9-18-19(11-13)10-12-6-5-7-17-8-12;1-8(2)9(3,4)14-10(13-8)7-5-11-12-6-7/h5-9,11H,10H2,1-4H3;5-6H,1-4H3,(H,11,12). The van der Waals surface area contributed by atoms with Gasteiger partial charge in [-0.15, -0.1) is 0 Å². The maximum absolute atomic E-state index is 6.03. The monoisotopic (exact) mass is 479 g/mol. The number of nitrogens with zero attached hydrogens (tertiary/aromatic N) is 4. The van der Waals surface area contributed by atoms with Crippen molar-refractivity contribution in [2.75, 3.05) is 0 Å². The first-order chi connectivity index (χ1) is 16.3. The predicted molar refractivity (Wildman–Crippen MR) is 136 cm³/mol. The summed E-state index contributed by atoms with van der Waals surface area (Å²) in [6.45, 7) is 17.0. The molecule has 0 unspecified atom stereocenters. The van der Waals surface area contributed by atoms with E-state index in [1.807, 2.05) is 84.6 Å². The second-order valence-electron chi connectivity index (χ2n) is 11.0. The van der Waals surface area contributed by atoms with Crippen molar-refractivity contribution in [2.45, 2.75) is 84.3 Å². The topological polar surface area (TPSA) is 96.3 Å². The molecule has 2 fully saturated rings. The van der Waals surface area contributed by atoms with Crippen molar-refractivity contribution in [2.24, 2.45) is 0 Å². The summed E-state index contributed by atoms with van der Waals surface area (Å²) in [6, 6.07) is 3.96. The normalized spacial score (nSPS) is 21.6. The summed E-state index contributed by atoms with van der Waals surface area (Å²) in [5, 5.41) is 11.0. The third kappa shape index (κ3) is 5.38. The molecule has 3 aromatic heterocycles. The lowest BCUT2D eigenvalue weighted by atomic mass is 9.82. The van der Waals surface area contributed by atoms with Crippen LogP contribution in [0.15, 0.2) is 49.3 Å². The SMILES string of the molecule is CC1(C)OB(c2cn[nH]c2)OC1(C)C.CC1(C)OB(c2cnn(Cc3cccnc3)c2)OC1(C)C. The number of hydrogen-bond acceptors (Lipinski definition) is 7. The molecular formula is C24H35B2N5O4. The third-order valence-corrected chi connectivity index (χ3v) is 7.29. The van der Waals surface area contributed by atoms with E-state index >= 15 is 0 Å². The van der Waals surface area contributed by atoms with Crippen LogP contribution in [0.1, 0.15) is 61.0 Å². The second-order valence-corrected chi connectivity index (χ2v) is 11.0. The second kappa shape index (κ2) is 9.20. The highest BCUT2D eigenvalue weighted by molar-refractivity contribution is 6.62. The average molecular weight is 479 g/mol. The van der Waals surface area contributed by atoms with Crippen LogP contribution in [-0.2, 0) is 25.2 Å². The van der Waals surface area contributed by atoms with Gasteiger partial charge >= 0.3 is 14.2 Å². The summed E-state index contributed by atoms with van der Waals surface area (Å²) in [5.41, 5.74) is 1.76. The van der Waals surface area contributed by atoms with Crippen LogP contribution in [-0.4, -0.2) is 61.6 Å². The first-order valence-corrected chi connectivity index (χ1v) is 11.9. The fourth-order valence-electron chi connectivity index (χ4n) is 3.61. The van der Waals surface area contributed by atoms with E-state index in [9.17, 15) is 0 Å². The number of nitrogens with one attached hydrogen (secondary N) is 1. The predicted octanol–water partition coefficient (Wildman–Crippen LogP) is 2.33. The van der Waals surface area contributed by atoms with Crippen molar-refractivity contribution in [3.8, 4) is 0 Å². The Balaban J connectivity index is 0.000000179. The Morgan fingerprint density at radius 1 is 0.800 bits per heavy atom. The first kappa shape index (κ1) is 25.6. The maximum atomic E-state index is 6.03. The van der Waals surface area contributed by atoms with Gasteiger partial charge in [-0.3, -0.25) is 14.8 Å². The Morgan fingerprint density at radius 3 is 1.86 bits per heavy atom. The molecule has 0 radical (unpaired) electrons. The zero-order valence-corrected chi connectivity index (χ0v) is 21.9. The molecule has 186 valence electrons. The molecule has 0 aliphatic carbocycles. The molecule has 1 N–H and O–H groups in total. The lowest BCUT2D eigenvalue weighted by Gasteiger charge is -2.32. The smallest absolute Gasteiger partial charge is 0.399 e. The van der Waals surface area contributed by atoms with E-state index < -0.39 is 0 Å². The number of pyridine rings is 1. The highest BCUT2D eigenvalue weighted by Gasteiger charge is 2.53. The molecule has 0 aromatic carbocycles. The average Bonchev–Trinajstić information content (AvgIpc) is 3.52. The van der Waals surface area contributed by atoms with Crippen molar-refractivity contribution in [3.63, 3.8) is 0 Å². The molecule has 2 aliphatic heterocycles. The largest absolute Gasteiger partial charge is 0.498 e. The van der Waals surface area contributed by atoms with Crippen LogP contribution in [0.2, 0.25) is 0 Å². The number of aromatic amines is 1. The van der Waals surface area contributed by atoms with E-state index in [4.69, 9.17) is 18.6 Å². The molecule has 2 aliphatic rings. The van der Waals surface area contributed by atoms with Gasteiger partial charge in [0.25, 0.3) is 0 Å². The van der Waals surface area contributed by atoms with Crippen LogP contribution in [0.5, 0.6) is 0 Å². The van der Waals surface area contributed by atoms with Crippen LogP contribution < -0.4 is 10.9 Å². The van der Waals surface area contributed by atoms with E-state index in [0.29, 0.717) is 6.54 Å². The Labute approximate surface area is 208 Å². The Kier molecular flexibility index (Phi) is 6.74. The molecule has 0 spiro atoms. The molecule has 35 heavy (non-hydrogen) atoms. The third-order valence-electron chi connectivity index (χ3n) is 7.29. The van der Waals surface area contributed by atoms with Crippen molar-refractivity contribution in [1.29, 1.82) is 0 Å². The molecule has 0 atom stereocenters. The van der Waals surface area contributed by atoms with Crippen molar-refractivity contribution >= 4 is 25.2 Å². The van der Waals surface area contributed by atoms with Gasteiger partial charge in [0.1, 0.15) is 0 Å². The number of aromatic nitrogens is 5. The summed E-state index contributed by atoms with van der Waals surface area (Å²) < 4.78 is 25.6. The van der Waals surface area contributed by atoms with Gasteiger partial charge in [0, 0.05) is 48.1 Å². The molecule has 2 saturated heterocycles. The van der Waals surface area contributed by atoms with Gasteiger partial charge < -0.3 is 18.6 Å². The van der Waals surface area contributed by atoms with Gasteiger partial charge in [-0.05, 0) is 67.0 Å². The fraction of sp³-hybridized carbons (Fsp3) is 0.542.